The quantitative estimate of drug-likeness (QED) is 0.779. The standard InChI is InChI=1S/C11H14N2S.ClH/c1-13-8-3-7-12-11(13)6-5-10-4-2-9-14-10;/h2,4-6,9H,3,7-8H2,1H3;1H/b6-5+;. The molecule has 0 spiro atoms. The van der Waals surface area contributed by atoms with Gasteiger partial charge < -0.3 is 4.90 Å². The van der Waals surface area contributed by atoms with E-state index < -0.39 is 0 Å². The lowest BCUT2D eigenvalue weighted by atomic mass is 10.3. The van der Waals surface area contributed by atoms with Crippen molar-refractivity contribution in [2.75, 3.05) is 20.1 Å². The number of hydrogen-bond acceptors (Lipinski definition) is 3. The summed E-state index contributed by atoms with van der Waals surface area (Å²) in [6.45, 7) is 2.09. The number of rotatable bonds is 2. The predicted octanol–water partition coefficient (Wildman–Crippen LogP) is 2.92. The number of amidine groups is 1. The minimum Gasteiger partial charge on any atom is -0.360 e. The zero-order valence-corrected chi connectivity index (χ0v) is 10.4. The molecule has 0 unspecified atom stereocenters. The normalized spacial score (nSPS) is 16.3. The molecule has 1 aliphatic heterocycles. The van der Waals surface area contributed by atoms with Gasteiger partial charge in [0, 0.05) is 25.0 Å². The zero-order valence-electron chi connectivity index (χ0n) is 8.72. The Morgan fingerprint density at radius 3 is 3.00 bits per heavy atom. The van der Waals surface area contributed by atoms with E-state index in [2.05, 4.69) is 46.6 Å². The van der Waals surface area contributed by atoms with E-state index in [1.165, 1.54) is 11.3 Å². The predicted molar refractivity (Wildman–Crippen MR) is 70.2 cm³/mol. The molecule has 0 aromatic carbocycles. The van der Waals surface area contributed by atoms with Gasteiger partial charge in [-0.1, -0.05) is 6.07 Å². The van der Waals surface area contributed by atoms with Crippen LogP contribution in [0.5, 0.6) is 0 Å². The van der Waals surface area contributed by atoms with Crippen LogP contribution in [0.25, 0.3) is 6.08 Å². The van der Waals surface area contributed by atoms with Crippen LogP contribution in [0.4, 0.5) is 0 Å². The van der Waals surface area contributed by atoms with Crippen molar-refractivity contribution in [3.05, 3.63) is 28.5 Å². The minimum absolute atomic E-state index is 0. The van der Waals surface area contributed by atoms with Crippen molar-refractivity contribution < 1.29 is 0 Å². The highest BCUT2D eigenvalue weighted by atomic mass is 35.5. The number of likely N-dealkylation sites (N-methyl/N-ethyl adjacent to an activating group) is 1. The summed E-state index contributed by atoms with van der Waals surface area (Å²) in [7, 11) is 2.09. The van der Waals surface area contributed by atoms with E-state index in [1.54, 1.807) is 11.3 Å². The van der Waals surface area contributed by atoms with Crippen LogP contribution in [0.1, 0.15) is 11.3 Å². The molecule has 2 heterocycles. The Labute approximate surface area is 101 Å². The summed E-state index contributed by atoms with van der Waals surface area (Å²) in [5.74, 6) is 1.10. The molecule has 0 radical (unpaired) electrons. The van der Waals surface area contributed by atoms with Crippen molar-refractivity contribution in [1.82, 2.24) is 4.90 Å². The first-order chi connectivity index (χ1) is 6.86. The topological polar surface area (TPSA) is 15.6 Å². The third-order valence-electron chi connectivity index (χ3n) is 2.26. The van der Waals surface area contributed by atoms with Crippen LogP contribution in [-0.4, -0.2) is 30.9 Å². The molecule has 0 atom stereocenters. The zero-order chi connectivity index (χ0) is 9.80. The average Bonchev–Trinajstić information content (AvgIpc) is 2.69. The van der Waals surface area contributed by atoms with E-state index >= 15 is 0 Å². The largest absolute Gasteiger partial charge is 0.360 e. The Hall–Kier alpha value is -0.800. The van der Waals surface area contributed by atoms with Crippen molar-refractivity contribution in [2.24, 2.45) is 4.99 Å². The SMILES string of the molecule is CN1CCCN=C1/C=C/c1cccs1.Cl. The van der Waals surface area contributed by atoms with E-state index in [1.807, 2.05) is 0 Å². The summed E-state index contributed by atoms with van der Waals surface area (Å²) in [5, 5.41) is 2.09. The van der Waals surface area contributed by atoms with Crippen molar-refractivity contribution in [2.45, 2.75) is 6.42 Å². The molecule has 15 heavy (non-hydrogen) atoms. The Balaban J connectivity index is 0.00000112. The van der Waals surface area contributed by atoms with Crippen LogP contribution < -0.4 is 0 Å². The van der Waals surface area contributed by atoms with Gasteiger partial charge in [0.25, 0.3) is 0 Å². The van der Waals surface area contributed by atoms with Gasteiger partial charge >= 0.3 is 0 Å². The highest BCUT2D eigenvalue weighted by molar-refractivity contribution is 7.10. The molecule has 0 saturated heterocycles. The van der Waals surface area contributed by atoms with Gasteiger partial charge in [0.15, 0.2) is 0 Å². The number of hydrogen-bond donors (Lipinski definition) is 0. The molecule has 0 N–H and O–H groups in total. The van der Waals surface area contributed by atoms with Crippen molar-refractivity contribution in [3.8, 4) is 0 Å². The Bertz CT molecular complexity index is 343. The van der Waals surface area contributed by atoms with Gasteiger partial charge in [-0.25, -0.2) is 0 Å². The summed E-state index contributed by atoms with van der Waals surface area (Å²) >= 11 is 1.75. The number of halogens is 1. The maximum atomic E-state index is 4.47. The molecule has 0 fully saturated rings. The summed E-state index contributed by atoms with van der Waals surface area (Å²) in [4.78, 5) is 7.96. The van der Waals surface area contributed by atoms with Gasteiger partial charge in [-0.05, 0) is 30.0 Å². The van der Waals surface area contributed by atoms with Gasteiger partial charge in [0.1, 0.15) is 5.84 Å². The second-order valence-corrected chi connectivity index (χ2v) is 4.34. The fourth-order valence-corrected chi connectivity index (χ4v) is 2.08. The maximum Gasteiger partial charge on any atom is 0.123 e. The van der Waals surface area contributed by atoms with Crippen LogP contribution in [0, 0.1) is 0 Å². The second kappa shape index (κ2) is 5.93. The van der Waals surface area contributed by atoms with Crippen LogP contribution in [0.2, 0.25) is 0 Å². The van der Waals surface area contributed by atoms with Crippen molar-refractivity contribution in [3.63, 3.8) is 0 Å². The Morgan fingerprint density at radius 2 is 2.33 bits per heavy atom. The fourth-order valence-electron chi connectivity index (χ4n) is 1.46. The smallest absolute Gasteiger partial charge is 0.123 e. The van der Waals surface area contributed by atoms with E-state index in [9.17, 15) is 0 Å². The molecule has 1 aliphatic rings. The highest BCUT2D eigenvalue weighted by Gasteiger charge is 2.06. The number of aliphatic imine (C=N–C) groups is 1. The van der Waals surface area contributed by atoms with Gasteiger partial charge in [-0.3, -0.25) is 4.99 Å². The van der Waals surface area contributed by atoms with Gasteiger partial charge in [0.05, 0.1) is 0 Å². The Kier molecular flexibility index (Phi) is 4.85. The average molecular weight is 243 g/mol. The maximum absolute atomic E-state index is 4.47. The summed E-state index contributed by atoms with van der Waals surface area (Å²) in [5.41, 5.74) is 0. The second-order valence-electron chi connectivity index (χ2n) is 3.36. The van der Waals surface area contributed by atoms with Crippen molar-refractivity contribution >= 4 is 35.7 Å². The molecule has 2 nitrogen and oxygen atoms in total. The van der Waals surface area contributed by atoms with Gasteiger partial charge in [-0.2, -0.15) is 0 Å². The Morgan fingerprint density at radius 1 is 1.47 bits per heavy atom. The van der Waals surface area contributed by atoms with E-state index in [4.69, 9.17) is 0 Å². The lowest BCUT2D eigenvalue weighted by molar-refractivity contribution is 0.470. The minimum atomic E-state index is 0. The molecular formula is C11H15ClN2S. The van der Waals surface area contributed by atoms with E-state index in [-0.39, 0.29) is 12.4 Å². The molecule has 1 aromatic heterocycles. The van der Waals surface area contributed by atoms with Crippen LogP contribution in [0.15, 0.2) is 28.6 Å². The highest BCUT2D eigenvalue weighted by Crippen LogP contribution is 2.11. The van der Waals surface area contributed by atoms with Crippen LogP contribution in [0.3, 0.4) is 0 Å². The molecule has 0 saturated carbocycles. The molecular weight excluding hydrogens is 228 g/mol. The van der Waals surface area contributed by atoms with Crippen molar-refractivity contribution in [1.29, 1.82) is 0 Å². The third kappa shape index (κ3) is 3.36. The molecule has 82 valence electrons. The lowest BCUT2D eigenvalue weighted by Gasteiger charge is -2.22. The lowest BCUT2D eigenvalue weighted by Crippen LogP contribution is -2.30. The molecule has 2 rings (SSSR count). The summed E-state index contributed by atoms with van der Waals surface area (Å²) in [6.07, 6.45) is 5.41. The summed E-state index contributed by atoms with van der Waals surface area (Å²) < 4.78 is 0. The molecule has 0 bridgehead atoms. The summed E-state index contributed by atoms with van der Waals surface area (Å²) in [6, 6.07) is 4.18. The van der Waals surface area contributed by atoms with Gasteiger partial charge in [-0.15, -0.1) is 23.7 Å². The van der Waals surface area contributed by atoms with Crippen LogP contribution in [-0.2, 0) is 0 Å². The van der Waals surface area contributed by atoms with Crippen LogP contribution >= 0.6 is 23.7 Å². The first-order valence-electron chi connectivity index (χ1n) is 4.83. The molecule has 0 aliphatic carbocycles. The first-order valence-corrected chi connectivity index (χ1v) is 5.71. The van der Waals surface area contributed by atoms with Gasteiger partial charge in [0.2, 0.25) is 0 Å². The number of nitrogens with zero attached hydrogens (tertiary/aromatic N) is 2. The van der Waals surface area contributed by atoms with E-state index in [0.717, 1.165) is 18.9 Å². The molecule has 1 aromatic rings. The first kappa shape index (κ1) is 12.3. The monoisotopic (exact) mass is 242 g/mol. The van der Waals surface area contributed by atoms with E-state index in [0.29, 0.717) is 0 Å². The number of thiophene rings is 1. The fraction of sp³-hybridized carbons (Fsp3) is 0.364. The third-order valence-corrected chi connectivity index (χ3v) is 3.09. The molecule has 0 amide bonds. The molecule has 4 heteroatoms.